The monoisotopic (exact) mass is 292 g/mol. The van der Waals surface area contributed by atoms with E-state index in [2.05, 4.69) is 35.4 Å². The van der Waals surface area contributed by atoms with E-state index < -0.39 is 0 Å². The molecular formula is C15H20N2S2. The summed E-state index contributed by atoms with van der Waals surface area (Å²) >= 11 is 3.71. The molecule has 1 saturated carbocycles. The maximum absolute atomic E-state index is 5.74. The van der Waals surface area contributed by atoms with E-state index >= 15 is 0 Å². The number of hydrogen-bond acceptors (Lipinski definition) is 4. The summed E-state index contributed by atoms with van der Waals surface area (Å²) in [6.07, 6.45) is 2.72. The molecule has 1 aliphatic carbocycles. The van der Waals surface area contributed by atoms with Crippen molar-refractivity contribution < 1.29 is 0 Å². The molecule has 2 aromatic rings. The lowest BCUT2D eigenvalue weighted by Crippen LogP contribution is -2.24. The molecule has 0 amide bonds. The van der Waals surface area contributed by atoms with Gasteiger partial charge >= 0.3 is 0 Å². The zero-order chi connectivity index (χ0) is 13.2. The minimum Gasteiger partial charge on any atom is -0.326 e. The predicted molar refractivity (Wildman–Crippen MR) is 83.5 cm³/mol. The Morgan fingerprint density at radius 2 is 2.16 bits per heavy atom. The first kappa shape index (κ1) is 13.3. The zero-order valence-corrected chi connectivity index (χ0v) is 12.9. The Morgan fingerprint density at radius 3 is 2.74 bits per heavy atom. The second-order valence-electron chi connectivity index (χ2n) is 5.21. The van der Waals surface area contributed by atoms with Gasteiger partial charge in [0, 0.05) is 40.3 Å². The van der Waals surface area contributed by atoms with E-state index in [-0.39, 0.29) is 0 Å². The van der Waals surface area contributed by atoms with Crippen LogP contribution in [0.3, 0.4) is 0 Å². The van der Waals surface area contributed by atoms with Gasteiger partial charge in [0.25, 0.3) is 0 Å². The topological polar surface area (TPSA) is 29.3 Å². The molecule has 0 radical (unpaired) electrons. The third kappa shape index (κ3) is 3.26. The summed E-state index contributed by atoms with van der Waals surface area (Å²) in [7, 11) is 0. The second kappa shape index (κ2) is 5.75. The fraction of sp³-hybridized carbons (Fsp3) is 0.467. The first-order valence-electron chi connectivity index (χ1n) is 6.81. The largest absolute Gasteiger partial charge is 0.326 e. The van der Waals surface area contributed by atoms with Gasteiger partial charge in [-0.2, -0.15) is 0 Å². The first-order chi connectivity index (χ1) is 9.26. The number of hydrogen-bond donors (Lipinski definition) is 1. The first-order valence-corrected chi connectivity index (χ1v) is 8.50. The number of nitrogens with zero attached hydrogens (tertiary/aromatic N) is 1. The van der Waals surface area contributed by atoms with Crippen molar-refractivity contribution in [3.05, 3.63) is 43.8 Å². The summed E-state index contributed by atoms with van der Waals surface area (Å²) in [4.78, 5) is 6.83. The van der Waals surface area contributed by atoms with Crippen LogP contribution in [0.1, 0.15) is 33.0 Å². The van der Waals surface area contributed by atoms with Crippen LogP contribution in [0.5, 0.6) is 0 Å². The van der Waals surface area contributed by atoms with Gasteiger partial charge in [-0.05, 0) is 42.8 Å². The lowest BCUT2D eigenvalue weighted by molar-refractivity contribution is 0.248. The lowest BCUT2D eigenvalue weighted by Gasteiger charge is -2.21. The predicted octanol–water partition coefficient (Wildman–Crippen LogP) is 3.74. The van der Waals surface area contributed by atoms with E-state index in [4.69, 9.17) is 5.73 Å². The lowest BCUT2D eigenvalue weighted by atomic mass is 10.2. The molecule has 1 aliphatic rings. The van der Waals surface area contributed by atoms with Gasteiger partial charge in [0.1, 0.15) is 0 Å². The molecule has 2 nitrogen and oxygen atoms in total. The Hall–Kier alpha value is -0.680. The summed E-state index contributed by atoms with van der Waals surface area (Å²) in [5, 5.41) is 2.17. The molecule has 0 unspecified atom stereocenters. The highest BCUT2D eigenvalue weighted by Crippen LogP contribution is 2.32. The number of aryl methyl sites for hydroxylation is 1. The van der Waals surface area contributed by atoms with Crippen LogP contribution in [-0.2, 0) is 19.6 Å². The van der Waals surface area contributed by atoms with Crippen molar-refractivity contribution in [1.29, 1.82) is 0 Å². The molecule has 102 valence electrons. The molecule has 0 atom stereocenters. The normalized spacial score (nSPS) is 15.3. The quantitative estimate of drug-likeness (QED) is 0.879. The standard InChI is InChI=1S/C15H20N2S2/c1-11-12(7-15(8-16)19-11)9-17(13-4-5-13)10-14-3-2-6-18-14/h2-3,6-7,13H,4-5,8-10,16H2,1H3. The Balaban J connectivity index is 1.72. The molecular weight excluding hydrogens is 272 g/mol. The van der Waals surface area contributed by atoms with E-state index in [1.54, 1.807) is 0 Å². The fourth-order valence-corrected chi connectivity index (χ4v) is 4.08. The van der Waals surface area contributed by atoms with Gasteiger partial charge in [-0.25, -0.2) is 0 Å². The molecule has 0 aliphatic heterocycles. The molecule has 4 heteroatoms. The Bertz CT molecular complexity index is 526. The molecule has 0 spiro atoms. The summed E-state index contributed by atoms with van der Waals surface area (Å²) in [5.41, 5.74) is 7.21. The van der Waals surface area contributed by atoms with Gasteiger partial charge < -0.3 is 5.73 Å². The van der Waals surface area contributed by atoms with Crippen LogP contribution in [0.15, 0.2) is 23.6 Å². The van der Waals surface area contributed by atoms with Crippen molar-refractivity contribution in [2.24, 2.45) is 5.73 Å². The molecule has 0 aromatic carbocycles. The molecule has 2 aromatic heterocycles. The molecule has 2 N–H and O–H groups in total. The average Bonchev–Trinajstić information content (AvgIpc) is 3.02. The Labute approximate surface area is 122 Å². The van der Waals surface area contributed by atoms with Gasteiger partial charge in [0.15, 0.2) is 0 Å². The van der Waals surface area contributed by atoms with Crippen LogP contribution < -0.4 is 5.73 Å². The van der Waals surface area contributed by atoms with Gasteiger partial charge in [-0.15, -0.1) is 22.7 Å². The summed E-state index contributed by atoms with van der Waals surface area (Å²) in [5.74, 6) is 0. The number of nitrogens with two attached hydrogens (primary N) is 1. The summed E-state index contributed by atoms with van der Waals surface area (Å²) in [6, 6.07) is 7.48. The SMILES string of the molecule is Cc1sc(CN)cc1CN(Cc1cccs1)C1CC1. The smallest absolute Gasteiger partial charge is 0.0334 e. The van der Waals surface area contributed by atoms with Crippen molar-refractivity contribution in [1.82, 2.24) is 4.90 Å². The minimum atomic E-state index is 0.667. The number of rotatable bonds is 6. The van der Waals surface area contributed by atoms with Crippen molar-refractivity contribution in [3.63, 3.8) is 0 Å². The van der Waals surface area contributed by atoms with Gasteiger partial charge in [-0.1, -0.05) is 6.07 Å². The van der Waals surface area contributed by atoms with Crippen molar-refractivity contribution in [2.45, 2.75) is 45.4 Å². The van der Waals surface area contributed by atoms with Crippen LogP contribution in [-0.4, -0.2) is 10.9 Å². The van der Waals surface area contributed by atoms with Crippen LogP contribution in [0.2, 0.25) is 0 Å². The van der Waals surface area contributed by atoms with E-state index in [0.29, 0.717) is 6.54 Å². The molecule has 19 heavy (non-hydrogen) atoms. The van der Waals surface area contributed by atoms with Gasteiger partial charge in [-0.3, -0.25) is 4.90 Å². The summed E-state index contributed by atoms with van der Waals surface area (Å²) in [6.45, 7) is 5.05. The van der Waals surface area contributed by atoms with Crippen LogP contribution in [0, 0.1) is 6.92 Å². The maximum atomic E-state index is 5.74. The van der Waals surface area contributed by atoms with Gasteiger partial charge in [0.2, 0.25) is 0 Å². The fourth-order valence-electron chi connectivity index (χ4n) is 2.42. The Morgan fingerprint density at radius 1 is 1.32 bits per heavy atom. The molecule has 2 heterocycles. The number of thiophene rings is 2. The maximum Gasteiger partial charge on any atom is 0.0334 e. The van der Waals surface area contributed by atoms with E-state index in [1.165, 1.54) is 33.0 Å². The molecule has 1 fully saturated rings. The van der Waals surface area contributed by atoms with E-state index in [9.17, 15) is 0 Å². The summed E-state index contributed by atoms with van der Waals surface area (Å²) < 4.78 is 0. The zero-order valence-electron chi connectivity index (χ0n) is 11.3. The highest BCUT2D eigenvalue weighted by molar-refractivity contribution is 7.12. The highest BCUT2D eigenvalue weighted by Gasteiger charge is 2.29. The second-order valence-corrected chi connectivity index (χ2v) is 7.59. The molecule has 0 saturated heterocycles. The average molecular weight is 292 g/mol. The van der Waals surface area contributed by atoms with Crippen LogP contribution in [0.4, 0.5) is 0 Å². The van der Waals surface area contributed by atoms with E-state index in [0.717, 1.165) is 19.1 Å². The third-order valence-electron chi connectivity index (χ3n) is 3.65. The molecule has 0 bridgehead atoms. The van der Waals surface area contributed by atoms with Crippen LogP contribution in [0.25, 0.3) is 0 Å². The third-order valence-corrected chi connectivity index (χ3v) is 5.62. The van der Waals surface area contributed by atoms with Crippen molar-refractivity contribution >= 4 is 22.7 Å². The van der Waals surface area contributed by atoms with E-state index in [1.807, 2.05) is 22.7 Å². The minimum absolute atomic E-state index is 0.667. The van der Waals surface area contributed by atoms with Crippen LogP contribution >= 0.6 is 22.7 Å². The highest BCUT2D eigenvalue weighted by atomic mass is 32.1. The van der Waals surface area contributed by atoms with Gasteiger partial charge in [0.05, 0.1) is 0 Å². The molecule has 3 rings (SSSR count). The Kier molecular flexibility index (Phi) is 4.03. The van der Waals surface area contributed by atoms with Crippen molar-refractivity contribution in [2.75, 3.05) is 0 Å². The van der Waals surface area contributed by atoms with Crippen molar-refractivity contribution in [3.8, 4) is 0 Å².